The van der Waals surface area contributed by atoms with Gasteiger partial charge in [-0.3, -0.25) is 4.79 Å². The van der Waals surface area contributed by atoms with Gasteiger partial charge in [0.1, 0.15) is 0 Å². The molecule has 1 aromatic carbocycles. The summed E-state index contributed by atoms with van der Waals surface area (Å²) in [6, 6.07) is 9.75. The molecule has 1 aromatic rings. The topological polar surface area (TPSA) is 57.5 Å². The molecular formula is C14H18O3. The maximum Gasteiger partial charge on any atom is 0.306 e. The highest BCUT2D eigenvalue weighted by atomic mass is 16.4. The third-order valence-corrected chi connectivity index (χ3v) is 3.66. The lowest BCUT2D eigenvalue weighted by Crippen LogP contribution is -2.41. The molecule has 0 bridgehead atoms. The first-order valence-electron chi connectivity index (χ1n) is 6.11. The number of aliphatic carboxylic acids is 1. The van der Waals surface area contributed by atoms with Crippen molar-refractivity contribution < 1.29 is 15.0 Å². The van der Waals surface area contributed by atoms with Crippen LogP contribution in [-0.2, 0) is 4.79 Å². The number of carboxylic acid groups (broad SMARTS) is 1. The van der Waals surface area contributed by atoms with Crippen molar-refractivity contribution in [2.45, 2.75) is 43.6 Å². The molecule has 0 spiro atoms. The molecule has 1 aliphatic rings. The first-order valence-corrected chi connectivity index (χ1v) is 6.11. The van der Waals surface area contributed by atoms with Crippen LogP contribution in [0.3, 0.4) is 0 Å². The predicted molar refractivity (Wildman–Crippen MR) is 64.9 cm³/mol. The molecule has 2 rings (SSSR count). The number of benzene rings is 1. The number of hydrogen-bond donors (Lipinski definition) is 2. The van der Waals surface area contributed by atoms with Crippen molar-refractivity contribution in [1.82, 2.24) is 0 Å². The predicted octanol–water partition coefficient (Wildman–Crippen LogP) is 2.55. The van der Waals surface area contributed by atoms with Gasteiger partial charge in [0.05, 0.1) is 12.0 Å². The summed E-state index contributed by atoms with van der Waals surface area (Å²) in [6.07, 6.45) is 3.26. The molecule has 0 saturated heterocycles. The zero-order chi connectivity index (χ0) is 12.3. The standard InChI is InChI=1S/C14H18O3/c15-13(16)10-14(17)9-5-4-8-12(14)11-6-2-1-3-7-11/h1-3,6-7,12,17H,4-5,8-10H2,(H,15,16). The van der Waals surface area contributed by atoms with E-state index >= 15 is 0 Å². The number of carbonyl (C=O) groups is 1. The summed E-state index contributed by atoms with van der Waals surface area (Å²) in [7, 11) is 0. The lowest BCUT2D eigenvalue weighted by Gasteiger charge is -2.39. The van der Waals surface area contributed by atoms with Gasteiger partial charge in [0.15, 0.2) is 0 Å². The van der Waals surface area contributed by atoms with Crippen LogP contribution < -0.4 is 0 Å². The molecule has 0 radical (unpaired) electrons. The second-order valence-corrected chi connectivity index (χ2v) is 4.88. The van der Waals surface area contributed by atoms with Gasteiger partial charge in [0.2, 0.25) is 0 Å². The van der Waals surface area contributed by atoms with Crippen molar-refractivity contribution in [1.29, 1.82) is 0 Å². The van der Waals surface area contributed by atoms with Gasteiger partial charge in [-0.1, -0.05) is 43.2 Å². The molecular weight excluding hydrogens is 216 g/mol. The highest BCUT2D eigenvalue weighted by Crippen LogP contribution is 2.42. The van der Waals surface area contributed by atoms with Crippen molar-refractivity contribution in [3.8, 4) is 0 Å². The van der Waals surface area contributed by atoms with Gasteiger partial charge in [-0.15, -0.1) is 0 Å². The summed E-state index contributed by atoms with van der Waals surface area (Å²) >= 11 is 0. The molecule has 1 aliphatic carbocycles. The zero-order valence-electron chi connectivity index (χ0n) is 9.80. The van der Waals surface area contributed by atoms with E-state index in [1.54, 1.807) is 0 Å². The maximum atomic E-state index is 10.9. The summed E-state index contributed by atoms with van der Waals surface area (Å²) in [5.41, 5.74) is -0.0261. The number of rotatable bonds is 3. The monoisotopic (exact) mass is 234 g/mol. The molecule has 2 atom stereocenters. The van der Waals surface area contributed by atoms with Crippen LogP contribution >= 0.6 is 0 Å². The maximum absolute atomic E-state index is 10.9. The van der Waals surface area contributed by atoms with E-state index in [0.717, 1.165) is 24.8 Å². The van der Waals surface area contributed by atoms with Crippen LogP contribution in [0.2, 0.25) is 0 Å². The normalized spacial score (nSPS) is 28.9. The van der Waals surface area contributed by atoms with E-state index in [4.69, 9.17) is 5.11 Å². The number of hydrogen-bond acceptors (Lipinski definition) is 2. The Kier molecular flexibility index (Phi) is 3.48. The SMILES string of the molecule is O=C(O)CC1(O)CCCCC1c1ccccc1. The van der Waals surface area contributed by atoms with Crippen molar-refractivity contribution in [3.05, 3.63) is 35.9 Å². The Hall–Kier alpha value is -1.35. The molecule has 0 amide bonds. The van der Waals surface area contributed by atoms with Crippen LogP contribution in [0, 0.1) is 0 Å². The van der Waals surface area contributed by atoms with Crippen LogP contribution in [0.25, 0.3) is 0 Å². The largest absolute Gasteiger partial charge is 0.481 e. The molecule has 3 nitrogen and oxygen atoms in total. The second kappa shape index (κ2) is 4.88. The van der Waals surface area contributed by atoms with E-state index in [1.807, 2.05) is 30.3 Å². The summed E-state index contributed by atoms with van der Waals surface area (Å²) in [4.78, 5) is 10.9. The van der Waals surface area contributed by atoms with Gasteiger partial charge in [-0.05, 0) is 18.4 Å². The van der Waals surface area contributed by atoms with E-state index in [0.29, 0.717) is 6.42 Å². The van der Waals surface area contributed by atoms with E-state index in [9.17, 15) is 9.90 Å². The van der Waals surface area contributed by atoms with E-state index < -0.39 is 11.6 Å². The van der Waals surface area contributed by atoms with Gasteiger partial charge < -0.3 is 10.2 Å². The Morgan fingerprint density at radius 3 is 2.65 bits per heavy atom. The molecule has 1 saturated carbocycles. The Labute approximate surface area is 101 Å². The third-order valence-electron chi connectivity index (χ3n) is 3.66. The number of aliphatic hydroxyl groups is 1. The van der Waals surface area contributed by atoms with Crippen molar-refractivity contribution in [3.63, 3.8) is 0 Å². The lowest BCUT2D eigenvalue weighted by molar-refractivity contribution is -0.145. The smallest absolute Gasteiger partial charge is 0.306 e. The Morgan fingerprint density at radius 1 is 1.29 bits per heavy atom. The molecule has 92 valence electrons. The highest BCUT2D eigenvalue weighted by Gasteiger charge is 2.41. The van der Waals surface area contributed by atoms with Crippen LogP contribution in [0.4, 0.5) is 0 Å². The molecule has 1 fully saturated rings. The fraction of sp³-hybridized carbons (Fsp3) is 0.500. The molecule has 0 aliphatic heterocycles. The van der Waals surface area contributed by atoms with E-state index in [1.165, 1.54) is 0 Å². The molecule has 0 aromatic heterocycles. The second-order valence-electron chi connectivity index (χ2n) is 4.88. The van der Waals surface area contributed by atoms with E-state index in [2.05, 4.69) is 0 Å². The molecule has 2 unspecified atom stereocenters. The number of carboxylic acids is 1. The van der Waals surface area contributed by atoms with Crippen LogP contribution in [0.15, 0.2) is 30.3 Å². The van der Waals surface area contributed by atoms with Crippen LogP contribution in [-0.4, -0.2) is 21.8 Å². The summed E-state index contributed by atoms with van der Waals surface area (Å²) in [6.45, 7) is 0. The first-order chi connectivity index (χ1) is 8.12. The third kappa shape index (κ3) is 2.67. The Balaban J connectivity index is 2.26. The quantitative estimate of drug-likeness (QED) is 0.845. The summed E-state index contributed by atoms with van der Waals surface area (Å²) in [5.74, 6) is -0.969. The lowest BCUT2D eigenvalue weighted by atomic mass is 9.70. The van der Waals surface area contributed by atoms with Crippen LogP contribution in [0.1, 0.15) is 43.6 Å². The minimum atomic E-state index is -1.08. The minimum absolute atomic E-state index is 0.0476. The molecule has 2 N–H and O–H groups in total. The van der Waals surface area contributed by atoms with Gasteiger partial charge in [0.25, 0.3) is 0 Å². The van der Waals surface area contributed by atoms with Gasteiger partial charge in [0, 0.05) is 5.92 Å². The van der Waals surface area contributed by atoms with Gasteiger partial charge in [-0.25, -0.2) is 0 Å². The summed E-state index contributed by atoms with van der Waals surface area (Å²) < 4.78 is 0. The molecule has 3 heteroatoms. The highest BCUT2D eigenvalue weighted by molar-refractivity contribution is 5.68. The minimum Gasteiger partial charge on any atom is -0.481 e. The van der Waals surface area contributed by atoms with Gasteiger partial charge in [-0.2, -0.15) is 0 Å². The Morgan fingerprint density at radius 2 is 2.00 bits per heavy atom. The van der Waals surface area contributed by atoms with E-state index in [-0.39, 0.29) is 12.3 Å². The van der Waals surface area contributed by atoms with Crippen LogP contribution in [0.5, 0.6) is 0 Å². The van der Waals surface area contributed by atoms with Crippen molar-refractivity contribution in [2.24, 2.45) is 0 Å². The zero-order valence-corrected chi connectivity index (χ0v) is 9.80. The fourth-order valence-electron chi connectivity index (χ4n) is 2.86. The molecule has 0 heterocycles. The van der Waals surface area contributed by atoms with Crippen molar-refractivity contribution in [2.75, 3.05) is 0 Å². The van der Waals surface area contributed by atoms with Gasteiger partial charge >= 0.3 is 5.97 Å². The Bertz CT molecular complexity index is 388. The average Bonchev–Trinajstić information content (AvgIpc) is 2.29. The summed E-state index contributed by atoms with van der Waals surface area (Å²) in [5, 5.41) is 19.5. The molecule has 17 heavy (non-hydrogen) atoms. The fourth-order valence-corrected chi connectivity index (χ4v) is 2.86. The average molecular weight is 234 g/mol. The first kappa shape index (κ1) is 12.1. The van der Waals surface area contributed by atoms with Crippen molar-refractivity contribution >= 4 is 5.97 Å².